The number of aliphatic hydroxyl groups is 2. The third kappa shape index (κ3) is 17.5. The molecule has 5 heterocycles. The van der Waals surface area contributed by atoms with Crippen molar-refractivity contribution in [2.45, 2.75) is 183 Å². The lowest BCUT2D eigenvalue weighted by Crippen LogP contribution is -2.58. The Labute approximate surface area is 596 Å². The first-order valence-corrected chi connectivity index (χ1v) is 35.6. The van der Waals surface area contributed by atoms with Crippen molar-refractivity contribution in [1.82, 2.24) is 40.9 Å². The monoisotopic (exact) mass is 1470 g/mol. The molecule has 3 fully saturated rings. The van der Waals surface area contributed by atoms with Gasteiger partial charge in [-0.15, -0.1) is 0 Å². The molecule has 0 saturated carbocycles. The molecule has 3 aromatic carbocycles. The van der Waals surface area contributed by atoms with Gasteiger partial charge in [0.25, 0.3) is 11.5 Å². The number of ether oxygens (including phenoxy) is 7. The minimum atomic E-state index is -1.82. The predicted molar refractivity (Wildman–Crippen MR) is 366 cm³/mol. The van der Waals surface area contributed by atoms with Gasteiger partial charge in [-0.25, -0.2) is 25.0 Å². The maximum Gasteiger partial charge on any atom is 0.364 e. The standard InChI is InChI=1S/C67H81N11O23S2/c1-8-67(92)25-44(51-36(53(67)65(91)94-7)22-37-52(57(51)85)56(84)50-35(55(37)83)10-9-11-42(50)79)98-48-23-41(78(5)6)58(30(3)96-48)100-49-24-43(80)59(31(4)97-49)99-47-19-17-38(29(2)95-47)76-77-46(82)20-21-102-103-28-40(64(90)101-93)72-45(81)18-16-39(63(88)89)73-61(86)32-12-14-33(15-13-32)69-26-34-27-70-60-54(71-34)62(87)75-66(68)74-60/h9-15,22,27,29-31,39-41,43-44,47-49,53,58-59,69,79-80,85,92-93H,8,16-21,23-26,28H2,1-7H3,(H,72,81)(H,73,86)(H,77,82)(H,88,89)(H3,68,70,74,75,87)/b76-38-/t29?,30?,31?,39-,40?,41+,43+,44-,47-,48-,49-,53-,58?,59?,67+/m0/s1. The van der Waals surface area contributed by atoms with E-state index >= 15 is 0 Å². The lowest BCUT2D eigenvalue weighted by Gasteiger charge is -2.48. The van der Waals surface area contributed by atoms with Crippen LogP contribution in [-0.4, -0.2) is 220 Å². The number of aliphatic hydroxyl groups excluding tert-OH is 1. The second-order valence-corrected chi connectivity index (χ2v) is 28.3. The van der Waals surface area contributed by atoms with Crippen LogP contribution in [0, 0.1) is 0 Å². The summed E-state index contributed by atoms with van der Waals surface area (Å²) in [4.78, 5) is 138. The van der Waals surface area contributed by atoms with Gasteiger partial charge in [0.15, 0.2) is 35.8 Å². The van der Waals surface area contributed by atoms with E-state index in [-0.39, 0.29) is 113 Å². The van der Waals surface area contributed by atoms with Crippen molar-refractivity contribution in [3.05, 3.63) is 110 Å². The number of aromatic amines is 1. The SMILES string of the molecule is CC[C@@]1(O)C[C@H](O[C@H]2C[C@@H](N(C)C)C(O[C@H]3C[C@@H](O)C(O[C@H]4CC/C(=N/NC(=O)CCSSCC(NC(=O)CC[C@H](NC(=O)c5ccc(NCc6cnc7nc(N)[nH]c(=O)c7n6)cc5)C(=O)O)C(=O)OO)C(C)O4)C(C)O3)C(C)O2)c2c(cc3c(c2O)C(=O)c2c(O)cccc2C3=O)[C@H]1C(=O)OC. The van der Waals surface area contributed by atoms with Gasteiger partial charge in [-0.3, -0.25) is 43.4 Å². The van der Waals surface area contributed by atoms with Gasteiger partial charge in [-0.2, -0.15) is 15.3 Å². The van der Waals surface area contributed by atoms with Crippen molar-refractivity contribution in [3.8, 4) is 11.5 Å². The number of nitrogens with one attached hydrogen (secondary N) is 5. The summed E-state index contributed by atoms with van der Waals surface area (Å²) in [6.45, 7) is 7.05. The third-order valence-corrected chi connectivity index (χ3v) is 21.0. The number of carboxylic acids is 1. The molecule has 34 nitrogen and oxygen atoms in total. The fourth-order valence-corrected chi connectivity index (χ4v) is 15.3. The number of H-pyrrole nitrogens is 1. The zero-order chi connectivity index (χ0) is 74.3. The third-order valence-electron chi connectivity index (χ3n) is 18.6. The van der Waals surface area contributed by atoms with Crippen LogP contribution in [0.15, 0.2) is 64.6 Å². The van der Waals surface area contributed by atoms with Crippen molar-refractivity contribution < 1.29 is 107 Å². The number of aromatic nitrogens is 4. The number of likely N-dealkylation sites (N-methyl/N-ethyl adjacent to an activating group) is 1. The highest BCUT2D eigenvalue weighted by Crippen LogP contribution is 2.54. The Balaban J connectivity index is 0.641. The number of rotatable bonds is 27. The Morgan fingerprint density at radius 3 is 2.26 bits per heavy atom. The molecule has 3 saturated heterocycles. The van der Waals surface area contributed by atoms with Gasteiger partial charge in [0.2, 0.25) is 23.5 Å². The average molecular weight is 1470 g/mol. The molecule has 5 aliphatic rings. The molecule has 3 aliphatic heterocycles. The molecule has 13 N–H and O–H groups in total. The molecule has 10 rings (SSSR count). The Hall–Kier alpha value is -8.79. The Morgan fingerprint density at radius 2 is 1.58 bits per heavy atom. The van der Waals surface area contributed by atoms with E-state index in [1.54, 1.807) is 39.8 Å². The molecule has 2 aliphatic carbocycles. The predicted octanol–water partition coefficient (Wildman–Crippen LogP) is 3.22. The normalized spacial score (nSPS) is 26.3. The van der Waals surface area contributed by atoms with Crippen LogP contribution < -0.4 is 32.7 Å². The number of amides is 3. The molecule has 3 amide bonds. The number of aliphatic carboxylic acids is 1. The van der Waals surface area contributed by atoms with E-state index in [0.29, 0.717) is 29.9 Å². The number of phenolic OH excluding ortho intramolecular Hbond substituents is 2. The summed E-state index contributed by atoms with van der Waals surface area (Å²) in [7, 11) is 7.08. The van der Waals surface area contributed by atoms with Gasteiger partial charge < -0.3 is 85.3 Å². The molecule has 554 valence electrons. The number of nitrogen functional groups attached to an aromatic ring is 1. The molecule has 0 radical (unpaired) electrons. The van der Waals surface area contributed by atoms with Gasteiger partial charge >= 0.3 is 17.9 Å². The summed E-state index contributed by atoms with van der Waals surface area (Å²) >= 11 is 0. The molecule has 36 heteroatoms. The number of benzene rings is 3. The fraction of sp³-hybridized carbons (Fsp3) is 0.507. The van der Waals surface area contributed by atoms with Crippen molar-refractivity contribution in [2.24, 2.45) is 5.10 Å². The van der Waals surface area contributed by atoms with Gasteiger partial charge in [-0.05, 0) is 96.1 Å². The van der Waals surface area contributed by atoms with Crippen LogP contribution in [0.2, 0.25) is 0 Å². The summed E-state index contributed by atoms with van der Waals surface area (Å²) in [5, 5.41) is 77.8. The van der Waals surface area contributed by atoms with Crippen LogP contribution in [-0.2, 0) is 68.6 Å². The minimum Gasteiger partial charge on any atom is -0.507 e. The van der Waals surface area contributed by atoms with Crippen molar-refractivity contribution in [2.75, 3.05) is 43.8 Å². The quantitative estimate of drug-likeness (QED) is 0.0116. The van der Waals surface area contributed by atoms with E-state index in [4.69, 9.17) is 44.1 Å². The number of esters is 1. The zero-order valence-electron chi connectivity index (χ0n) is 57.0. The van der Waals surface area contributed by atoms with E-state index in [0.717, 1.165) is 17.9 Å². The van der Waals surface area contributed by atoms with Gasteiger partial charge in [0.1, 0.15) is 41.7 Å². The fourth-order valence-electron chi connectivity index (χ4n) is 13.2. The van der Waals surface area contributed by atoms with Crippen LogP contribution in [0.3, 0.4) is 0 Å². The molecule has 5 aromatic rings. The van der Waals surface area contributed by atoms with Crippen LogP contribution in [0.25, 0.3) is 11.2 Å². The number of phenols is 2. The van der Waals surface area contributed by atoms with Gasteiger partial charge in [0, 0.05) is 84.0 Å². The van der Waals surface area contributed by atoms with E-state index in [2.05, 4.69) is 51.3 Å². The van der Waals surface area contributed by atoms with Crippen molar-refractivity contribution in [1.29, 1.82) is 0 Å². The van der Waals surface area contributed by atoms with E-state index < -0.39 is 162 Å². The number of aromatic hydroxyl groups is 2. The number of carbonyl (C=O) groups is 8. The Morgan fingerprint density at radius 1 is 0.864 bits per heavy atom. The Bertz CT molecular complexity index is 4120. The number of hydrazone groups is 1. The Kier molecular flexibility index (Phi) is 24.9. The second kappa shape index (κ2) is 33.3. The highest BCUT2D eigenvalue weighted by atomic mass is 33.1. The first-order chi connectivity index (χ1) is 49.1. The molecule has 2 aromatic heterocycles. The number of nitrogens with two attached hydrogens (primary N) is 1. The molecular formula is C67H81N11O23S2. The smallest absolute Gasteiger partial charge is 0.364 e. The largest absolute Gasteiger partial charge is 0.507 e. The average Bonchev–Trinajstić information content (AvgIpc) is 0.711. The molecule has 6 unspecified atom stereocenters. The van der Waals surface area contributed by atoms with Crippen molar-refractivity contribution >= 4 is 97.3 Å². The number of anilines is 2. The van der Waals surface area contributed by atoms with Crippen LogP contribution in [0.1, 0.15) is 157 Å². The summed E-state index contributed by atoms with van der Waals surface area (Å²) < 4.78 is 43.7. The molecule has 0 bridgehead atoms. The van der Waals surface area contributed by atoms with Gasteiger partial charge in [0.05, 0.1) is 78.5 Å². The number of hydrogen-bond acceptors (Lipinski definition) is 31. The van der Waals surface area contributed by atoms with Crippen molar-refractivity contribution in [3.63, 3.8) is 0 Å². The zero-order valence-corrected chi connectivity index (χ0v) is 58.7. The number of ketones is 2. The summed E-state index contributed by atoms with van der Waals surface area (Å²) in [6, 6.07) is 8.05. The molecule has 0 spiro atoms. The lowest BCUT2D eigenvalue weighted by atomic mass is 9.67. The number of methoxy groups -OCH3 is 1. The summed E-state index contributed by atoms with van der Waals surface area (Å²) in [6.07, 6.45) is -7.34. The summed E-state index contributed by atoms with van der Waals surface area (Å²) in [5.41, 5.74) is 6.42. The van der Waals surface area contributed by atoms with Crippen LogP contribution in [0.4, 0.5) is 11.6 Å². The first-order valence-electron chi connectivity index (χ1n) is 33.1. The van der Waals surface area contributed by atoms with E-state index in [1.165, 1.54) is 53.4 Å². The first kappa shape index (κ1) is 76.8. The minimum absolute atomic E-state index is 0.00171. The number of hydrogen-bond donors (Lipinski definition) is 12. The maximum atomic E-state index is 14.1. The molecular weight excluding hydrogens is 1390 g/mol. The van der Waals surface area contributed by atoms with E-state index in [9.17, 15) is 68.7 Å². The number of carbonyl (C=O) groups excluding carboxylic acids is 7. The highest BCUT2D eigenvalue weighted by molar-refractivity contribution is 8.76. The lowest BCUT2D eigenvalue weighted by molar-refractivity contribution is -0.324. The van der Waals surface area contributed by atoms with Crippen LogP contribution in [0.5, 0.6) is 11.5 Å². The van der Waals surface area contributed by atoms with E-state index in [1.807, 2.05) is 19.0 Å². The molecule has 15 atom stereocenters. The topological polar surface area (TPSA) is 493 Å². The highest BCUT2D eigenvalue weighted by Gasteiger charge is 2.54. The number of fused-ring (bicyclic) bond motifs is 4. The van der Waals surface area contributed by atoms with Gasteiger partial charge in [-0.1, -0.05) is 40.6 Å². The maximum absolute atomic E-state index is 14.1. The summed E-state index contributed by atoms with van der Waals surface area (Å²) in [5.74, 6) is -9.42. The number of nitrogens with zero attached hydrogens (tertiary/aromatic N) is 5. The second-order valence-electron chi connectivity index (χ2n) is 25.7. The molecule has 103 heavy (non-hydrogen) atoms. The van der Waals surface area contributed by atoms with Crippen LogP contribution >= 0.6 is 21.6 Å². The number of carboxylic acid groups (broad SMARTS) is 1.